The Morgan fingerprint density at radius 3 is 2.72 bits per heavy atom. The van der Waals surface area contributed by atoms with E-state index in [0.717, 1.165) is 10.9 Å². The summed E-state index contributed by atoms with van der Waals surface area (Å²) in [6, 6.07) is 14.1. The molecule has 0 saturated heterocycles. The minimum Gasteiger partial charge on any atom is -0.352 e. The van der Waals surface area contributed by atoms with Crippen molar-refractivity contribution in [2.45, 2.75) is 18.6 Å². The second-order valence-corrected chi connectivity index (χ2v) is 6.59. The largest absolute Gasteiger partial charge is 0.352 e. The minimum absolute atomic E-state index is 0.0364. The molecule has 4 nitrogen and oxygen atoms in total. The van der Waals surface area contributed by atoms with Gasteiger partial charge in [0.1, 0.15) is 6.61 Å². The molecule has 2 aromatic carbocycles. The van der Waals surface area contributed by atoms with Crippen molar-refractivity contribution in [1.82, 2.24) is 5.32 Å². The Labute approximate surface area is 146 Å². The molecule has 126 valence electrons. The van der Waals surface area contributed by atoms with Gasteiger partial charge in [-0.2, -0.15) is 0 Å². The predicted octanol–water partition coefficient (Wildman–Crippen LogP) is 3.10. The molecule has 2 aliphatic rings. The van der Waals surface area contributed by atoms with E-state index in [1.807, 2.05) is 37.3 Å². The lowest BCUT2D eigenvalue weighted by molar-refractivity contribution is -0.143. The number of amides is 1. The summed E-state index contributed by atoms with van der Waals surface area (Å²) in [6.45, 7) is 1.81. The van der Waals surface area contributed by atoms with Gasteiger partial charge in [0, 0.05) is 5.92 Å². The van der Waals surface area contributed by atoms with Gasteiger partial charge < -0.3 is 10.1 Å². The van der Waals surface area contributed by atoms with Gasteiger partial charge in [-0.25, -0.2) is 0 Å². The molecule has 1 N–H and O–H groups in total. The van der Waals surface area contributed by atoms with Gasteiger partial charge in [-0.05, 0) is 41.5 Å². The topological polar surface area (TPSA) is 55.4 Å². The molecule has 0 aliphatic heterocycles. The number of hydrogen-bond acceptors (Lipinski definition) is 3. The fourth-order valence-electron chi connectivity index (χ4n) is 3.40. The molecule has 0 radical (unpaired) electrons. The molecule has 0 aromatic heterocycles. The van der Waals surface area contributed by atoms with Crippen LogP contribution in [-0.4, -0.2) is 23.9 Å². The van der Waals surface area contributed by atoms with Crippen LogP contribution in [0.2, 0.25) is 0 Å². The molecule has 1 amide bonds. The molecular weight excluding hydrogens is 314 g/mol. The number of nitrogens with one attached hydrogen (secondary N) is 1. The van der Waals surface area contributed by atoms with Gasteiger partial charge in [0.05, 0.1) is 6.04 Å². The highest BCUT2D eigenvalue weighted by molar-refractivity contribution is 6.04. The number of hydrogen-bond donors (Lipinski definition) is 1. The fourth-order valence-corrected chi connectivity index (χ4v) is 3.40. The zero-order valence-electron chi connectivity index (χ0n) is 13.9. The summed E-state index contributed by atoms with van der Waals surface area (Å²) in [5.41, 5.74) is 0.0917. The number of benzene rings is 2. The number of fused-ring (bicyclic) bond motifs is 2. The standard InChI is InChI=1S/C21H19NO3/c1-14(16-7-6-15-4-2-3-5-17(15)12-16)22-20(24)13-25-21-11-10-18(21)8-9-19(21)23/h2-12,14,18H,13H2,1H3,(H,22,24)/t14-,18?,21?/m1/s1. The normalized spacial score (nSPS) is 24.8. The van der Waals surface area contributed by atoms with Crippen LogP contribution in [0.25, 0.3) is 10.8 Å². The monoisotopic (exact) mass is 333 g/mol. The van der Waals surface area contributed by atoms with Gasteiger partial charge >= 0.3 is 0 Å². The van der Waals surface area contributed by atoms with E-state index in [4.69, 9.17) is 4.74 Å². The maximum absolute atomic E-state index is 12.2. The highest BCUT2D eigenvalue weighted by Gasteiger charge is 2.50. The van der Waals surface area contributed by atoms with Crippen LogP contribution >= 0.6 is 0 Å². The zero-order chi connectivity index (χ0) is 17.4. The zero-order valence-corrected chi connectivity index (χ0v) is 13.9. The first-order chi connectivity index (χ1) is 12.1. The maximum atomic E-state index is 12.2. The van der Waals surface area contributed by atoms with E-state index in [0.29, 0.717) is 0 Å². The Hall–Kier alpha value is -2.72. The van der Waals surface area contributed by atoms with Gasteiger partial charge in [-0.3, -0.25) is 9.59 Å². The Bertz CT molecular complexity index is 914. The van der Waals surface area contributed by atoms with Gasteiger partial charge in [0.2, 0.25) is 5.91 Å². The van der Waals surface area contributed by atoms with Crippen LogP contribution in [-0.2, 0) is 14.3 Å². The molecule has 2 aliphatic carbocycles. The van der Waals surface area contributed by atoms with E-state index in [1.54, 1.807) is 6.08 Å². The Morgan fingerprint density at radius 2 is 2.00 bits per heavy atom. The summed E-state index contributed by atoms with van der Waals surface area (Å²) in [6.07, 6.45) is 7.00. The van der Waals surface area contributed by atoms with Crippen LogP contribution in [0.15, 0.2) is 66.8 Å². The highest BCUT2D eigenvalue weighted by Crippen LogP contribution is 2.40. The lowest BCUT2D eigenvalue weighted by atomic mass is 9.79. The maximum Gasteiger partial charge on any atom is 0.246 e. The quantitative estimate of drug-likeness (QED) is 0.856. The second kappa shape index (κ2) is 5.97. The van der Waals surface area contributed by atoms with Crippen LogP contribution in [0, 0.1) is 5.92 Å². The van der Waals surface area contributed by atoms with E-state index in [9.17, 15) is 9.59 Å². The van der Waals surface area contributed by atoms with E-state index in [1.165, 1.54) is 11.5 Å². The highest BCUT2D eigenvalue weighted by atomic mass is 16.5. The third-order valence-electron chi connectivity index (χ3n) is 4.98. The average Bonchev–Trinajstić information content (AvgIpc) is 2.81. The molecule has 0 heterocycles. The molecule has 0 fully saturated rings. The lowest BCUT2D eigenvalue weighted by Gasteiger charge is -2.35. The van der Waals surface area contributed by atoms with Crippen molar-refractivity contribution in [3.8, 4) is 0 Å². The first kappa shape index (κ1) is 15.8. The van der Waals surface area contributed by atoms with Gasteiger partial charge in [0.25, 0.3) is 0 Å². The summed E-state index contributed by atoms with van der Waals surface area (Å²) in [5, 5.41) is 5.24. The smallest absolute Gasteiger partial charge is 0.246 e. The molecule has 2 aromatic rings. The Balaban J connectivity index is 1.38. The van der Waals surface area contributed by atoms with Gasteiger partial charge in [0.15, 0.2) is 11.4 Å². The summed E-state index contributed by atoms with van der Waals surface area (Å²) in [4.78, 5) is 24.2. The summed E-state index contributed by atoms with van der Waals surface area (Å²) < 4.78 is 5.66. The van der Waals surface area contributed by atoms with Crippen molar-refractivity contribution in [1.29, 1.82) is 0 Å². The third-order valence-corrected chi connectivity index (χ3v) is 4.98. The van der Waals surface area contributed by atoms with Crippen molar-refractivity contribution in [3.63, 3.8) is 0 Å². The van der Waals surface area contributed by atoms with E-state index >= 15 is 0 Å². The van der Waals surface area contributed by atoms with E-state index < -0.39 is 5.60 Å². The third kappa shape index (κ3) is 2.68. The van der Waals surface area contributed by atoms with E-state index in [2.05, 4.69) is 29.6 Å². The first-order valence-corrected chi connectivity index (χ1v) is 8.42. The second-order valence-electron chi connectivity index (χ2n) is 6.59. The van der Waals surface area contributed by atoms with Crippen LogP contribution in [0.5, 0.6) is 0 Å². The fraction of sp³-hybridized carbons (Fsp3) is 0.238. The van der Waals surface area contributed by atoms with Crippen molar-refractivity contribution in [3.05, 3.63) is 72.3 Å². The number of ether oxygens (including phenoxy) is 1. The molecule has 0 bridgehead atoms. The number of carbonyl (C=O) groups excluding carboxylic acids is 2. The van der Waals surface area contributed by atoms with Crippen molar-refractivity contribution in [2.24, 2.45) is 5.92 Å². The molecule has 4 heteroatoms. The van der Waals surface area contributed by atoms with Crippen LogP contribution in [0.4, 0.5) is 0 Å². The minimum atomic E-state index is -0.941. The van der Waals surface area contributed by atoms with Crippen LogP contribution in [0.1, 0.15) is 18.5 Å². The number of ketones is 1. The SMILES string of the molecule is C[C@@H](NC(=O)COC12C=CC1C=CC2=O)c1ccc2ccccc2c1. The predicted molar refractivity (Wildman–Crippen MR) is 96.0 cm³/mol. The van der Waals surface area contributed by atoms with Crippen molar-refractivity contribution < 1.29 is 14.3 Å². The number of carbonyl (C=O) groups is 2. The van der Waals surface area contributed by atoms with Crippen molar-refractivity contribution >= 4 is 22.5 Å². The molecule has 0 saturated carbocycles. The molecule has 0 spiro atoms. The van der Waals surface area contributed by atoms with E-state index in [-0.39, 0.29) is 30.3 Å². The molecule has 3 atom stereocenters. The average molecular weight is 333 g/mol. The van der Waals surface area contributed by atoms with Gasteiger partial charge in [-0.1, -0.05) is 48.6 Å². The van der Waals surface area contributed by atoms with Gasteiger partial charge in [-0.15, -0.1) is 0 Å². The summed E-state index contributed by atoms with van der Waals surface area (Å²) >= 11 is 0. The summed E-state index contributed by atoms with van der Waals surface area (Å²) in [5.74, 6) is -0.352. The first-order valence-electron chi connectivity index (χ1n) is 8.42. The molecule has 2 unspecified atom stereocenters. The Morgan fingerprint density at radius 1 is 1.20 bits per heavy atom. The van der Waals surface area contributed by atoms with Crippen LogP contribution in [0.3, 0.4) is 0 Å². The molecular formula is C21H19NO3. The number of rotatable bonds is 5. The van der Waals surface area contributed by atoms with Crippen molar-refractivity contribution in [2.75, 3.05) is 6.61 Å². The van der Waals surface area contributed by atoms with Crippen LogP contribution < -0.4 is 5.32 Å². The molecule has 25 heavy (non-hydrogen) atoms. The summed E-state index contributed by atoms with van der Waals surface area (Å²) in [7, 11) is 0. The Kier molecular flexibility index (Phi) is 3.77. The molecule has 4 rings (SSSR count). The lowest BCUT2D eigenvalue weighted by Crippen LogP contribution is -2.48.